The summed E-state index contributed by atoms with van der Waals surface area (Å²) in [6, 6.07) is 16.1. The first kappa shape index (κ1) is 19.2. The maximum Gasteiger partial charge on any atom is 0.417 e. The number of H-pyrrole nitrogens is 1. The summed E-state index contributed by atoms with van der Waals surface area (Å²) >= 11 is 0. The number of alkyl halides is 3. The molecule has 0 aliphatic carbocycles. The topological polar surface area (TPSA) is 71.2 Å². The average Bonchev–Trinajstić information content (AvgIpc) is 2.68. The van der Waals surface area contributed by atoms with Crippen LogP contribution in [0.2, 0.25) is 0 Å². The molecule has 1 amide bonds. The number of benzene rings is 2. The SMILES string of the molecule is O=C(Nc1cc(C(F)(F)F)c[nH]c1=O)c1ccc(COc2ccccc2)cc1. The minimum Gasteiger partial charge on any atom is -0.489 e. The van der Waals surface area contributed by atoms with Crippen molar-refractivity contribution in [3.05, 3.63) is 93.9 Å². The van der Waals surface area contributed by atoms with Crippen LogP contribution in [0.1, 0.15) is 21.5 Å². The Morgan fingerprint density at radius 3 is 2.36 bits per heavy atom. The summed E-state index contributed by atoms with van der Waals surface area (Å²) in [6.45, 7) is 0.291. The molecule has 0 bridgehead atoms. The Balaban J connectivity index is 1.67. The number of aromatic amines is 1. The van der Waals surface area contributed by atoms with Crippen molar-refractivity contribution in [3.8, 4) is 5.75 Å². The molecular formula is C20H15F3N2O3. The van der Waals surface area contributed by atoms with Gasteiger partial charge in [-0.05, 0) is 35.9 Å². The van der Waals surface area contributed by atoms with Crippen molar-refractivity contribution in [2.24, 2.45) is 0 Å². The van der Waals surface area contributed by atoms with Crippen molar-refractivity contribution in [2.45, 2.75) is 12.8 Å². The molecule has 1 aromatic heterocycles. The van der Waals surface area contributed by atoms with Gasteiger partial charge in [0.05, 0.1) is 5.56 Å². The van der Waals surface area contributed by atoms with E-state index in [9.17, 15) is 22.8 Å². The Labute approximate surface area is 157 Å². The van der Waals surface area contributed by atoms with Gasteiger partial charge in [-0.2, -0.15) is 13.2 Å². The number of ether oxygens (including phenoxy) is 1. The number of halogens is 3. The third kappa shape index (κ3) is 4.79. The van der Waals surface area contributed by atoms with E-state index in [4.69, 9.17) is 4.74 Å². The largest absolute Gasteiger partial charge is 0.489 e. The van der Waals surface area contributed by atoms with Gasteiger partial charge < -0.3 is 15.0 Å². The molecule has 0 spiro atoms. The molecule has 5 nitrogen and oxygen atoms in total. The summed E-state index contributed by atoms with van der Waals surface area (Å²) in [4.78, 5) is 25.9. The van der Waals surface area contributed by atoms with Gasteiger partial charge in [0.2, 0.25) is 0 Å². The Hall–Kier alpha value is -3.55. The summed E-state index contributed by atoms with van der Waals surface area (Å²) in [7, 11) is 0. The number of carbonyl (C=O) groups is 1. The Morgan fingerprint density at radius 2 is 1.71 bits per heavy atom. The van der Waals surface area contributed by atoms with E-state index in [2.05, 4.69) is 5.32 Å². The predicted molar refractivity (Wildman–Crippen MR) is 97.2 cm³/mol. The number of nitrogens with one attached hydrogen (secondary N) is 2. The molecule has 0 saturated carbocycles. The molecule has 0 aliphatic heterocycles. The van der Waals surface area contributed by atoms with Crippen LogP contribution in [-0.4, -0.2) is 10.9 Å². The van der Waals surface area contributed by atoms with E-state index in [1.54, 1.807) is 12.1 Å². The fourth-order valence-electron chi connectivity index (χ4n) is 2.37. The highest BCUT2D eigenvalue weighted by atomic mass is 19.4. The van der Waals surface area contributed by atoms with E-state index in [0.29, 0.717) is 24.6 Å². The van der Waals surface area contributed by atoms with Gasteiger partial charge in [0.1, 0.15) is 18.0 Å². The van der Waals surface area contributed by atoms with E-state index >= 15 is 0 Å². The molecule has 2 N–H and O–H groups in total. The summed E-state index contributed by atoms with van der Waals surface area (Å²) in [5, 5.41) is 2.20. The lowest BCUT2D eigenvalue weighted by Crippen LogP contribution is -2.21. The predicted octanol–water partition coefficient (Wildman–Crippen LogP) is 4.23. The molecule has 3 rings (SSSR count). The van der Waals surface area contributed by atoms with Crippen molar-refractivity contribution in [3.63, 3.8) is 0 Å². The van der Waals surface area contributed by atoms with Gasteiger partial charge >= 0.3 is 6.18 Å². The van der Waals surface area contributed by atoms with E-state index in [0.717, 1.165) is 5.56 Å². The number of rotatable bonds is 5. The minimum absolute atomic E-state index is 0.195. The van der Waals surface area contributed by atoms with Gasteiger partial charge in [0.25, 0.3) is 11.5 Å². The first-order chi connectivity index (χ1) is 13.3. The smallest absolute Gasteiger partial charge is 0.417 e. The number of pyridine rings is 1. The summed E-state index contributed by atoms with van der Waals surface area (Å²) in [6.07, 6.45) is -4.08. The van der Waals surface area contributed by atoms with Gasteiger partial charge in [-0.25, -0.2) is 0 Å². The first-order valence-corrected chi connectivity index (χ1v) is 8.21. The molecule has 0 fully saturated rings. The zero-order valence-corrected chi connectivity index (χ0v) is 14.4. The van der Waals surface area contributed by atoms with Gasteiger partial charge in [-0.1, -0.05) is 30.3 Å². The van der Waals surface area contributed by atoms with Crippen LogP contribution >= 0.6 is 0 Å². The number of anilines is 1. The molecule has 8 heteroatoms. The zero-order valence-electron chi connectivity index (χ0n) is 14.4. The standard InChI is InChI=1S/C20H15F3N2O3/c21-20(22,23)15-10-17(19(27)24-11-15)25-18(26)14-8-6-13(7-9-14)12-28-16-4-2-1-3-5-16/h1-11H,12H2,(H,24,27)(H,25,26). The molecule has 0 atom stereocenters. The summed E-state index contributed by atoms with van der Waals surface area (Å²) in [5.74, 6) is 0.00782. The van der Waals surface area contributed by atoms with Crippen LogP contribution in [0.15, 0.2) is 71.7 Å². The Kier molecular flexibility index (Phi) is 5.49. The van der Waals surface area contributed by atoms with Crippen molar-refractivity contribution >= 4 is 11.6 Å². The molecule has 3 aromatic rings. The highest BCUT2D eigenvalue weighted by molar-refractivity contribution is 6.04. The Morgan fingerprint density at radius 1 is 1.04 bits per heavy atom. The molecule has 0 aliphatic rings. The second-order valence-corrected chi connectivity index (χ2v) is 5.88. The van der Waals surface area contributed by atoms with Crippen LogP contribution in [0, 0.1) is 0 Å². The summed E-state index contributed by atoms with van der Waals surface area (Å²) < 4.78 is 43.9. The van der Waals surface area contributed by atoms with E-state index < -0.39 is 28.9 Å². The van der Waals surface area contributed by atoms with E-state index in [-0.39, 0.29) is 5.56 Å². The number of hydrogen-bond acceptors (Lipinski definition) is 3. The number of para-hydroxylation sites is 1. The number of hydrogen-bond donors (Lipinski definition) is 2. The normalized spacial score (nSPS) is 11.1. The lowest BCUT2D eigenvalue weighted by atomic mass is 10.1. The van der Waals surface area contributed by atoms with Gasteiger partial charge in [-0.3, -0.25) is 9.59 Å². The minimum atomic E-state index is -4.63. The van der Waals surface area contributed by atoms with Crippen LogP contribution in [0.3, 0.4) is 0 Å². The van der Waals surface area contributed by atoms with Crippen LogP contribution in [-0.2, 0) is 12.8 Å². The molecule has 0 saturated heterocycles. The van der Waals surface area contributed by atoms with Crippen molar-refractivity contribution in [1.29, 1.82) is 0 Å². The average molecular weight is 388 g/mol. The lowest BCUT2D eigenvalue weighted by Gasteiger charge is -2.10. The molecule has 0 unspecified atom stereocenters. The number of carbonyl (C=O) groups excluding carboxylic acids is 1. The molecule has 144 valence electrons. The molecule has 2 aromatic carbocycles. The quantitative estimate of drug-likeness (QED) is 0.687. The second kappa shape index (κ2) is 7.99. The van der Waals surface area contributed by atoms with Crippen molar-refractivity contribution in [1.82, 2.24) is 4.98 Å². The highest BCUT2D eigenvalue weighted by Crippen LogP contribution is 2.29. The lowest BCUT2D eigenvalue weighted by molar-refractivity contribution is -0.137. The van der Waals surface area contributed by atoms with Gasteiger partial charge in [0, 0.05) is 11.8 Å². The number of aromatic nitrogens is 1. The molecule has 28 heavy (non-hydrogen) atoms. The van der Waals surface area contributed by atoms with E-state index in [1.165, 1.54) is 12.1 Å². The van der Waals surface area contributed by atoms with Crippen LogP contribution in [0.25, 0.3) is 0 Å². The van der Waals surface area contributed by atoms with Crippen LogP contribution in [0.4, 0.5) is 18.9 Å². The van der Waals surface area contributed by atoms with Crippen LogP contribution < -0.4 is 15.6 Å². The fourth-order valence-corrected chi connectivity index (χ4v) is 2.37. The summed E-state index contributed by atoms with van der Waals surface area (Å²) in [5.41, 5.74) is -1.36. The highest BCUT2D eigenvalue weighted by Gasteiger charge is 2.31. The van der Waals surface area contributed by atoms with E-state index in [1.807, 2.05) is 35.3 Å². The maximum atomic E-state index is 12.8. The molecule has 0 radical (unpaired) electrons. The third-order valence-electron chi connectivity index (χ3n) is 3.84. The first-order valence-electron chi connectivity index (χ1n) is 8.21. The van der Waals surface area contributed by atoms with Gasteiger partial charge in [0.15, 0.2) is 0 Å². The van der Waals surface area contributed by atoms with Gasteiger partial charge in [-0.15, -0.1) is 0 Å². The zero-order chi connectivity index (χ0) is 20.1. The maximum absolute atomic E-state index is 12.8. The second-order valence-electron chi connectivity index (χ2n) is 5.88. The fraction of sp³-hybridized carbons (Fsp3) is 0.100. The monoisotopic (exact) mass is 388 g/mol. The molecule has 1 heterocycles. The van der Waals surface area contributed by atoms with Crippen molar-refractivity contribution in [2.75, 3.05) is 5.32 Å². The third-order valence-corrected chi connectivity index (χ3v) is 3.84. The Bertz CT molecular complexity index is 1010. The number of amides is 1. The van der Waals surface area contributed by atoms with Crippen LogP contribution in [0.5, 0.6) is 5.75 Å². The molecular weight excluding hydrogens is 373 g/mol. The van der Waals surface area contributed by atoms with Crippen molar-refractivity contribution < 1.29 is 22.7 Å².